The van der Waals surface area contributed by atoms with Crippen molar-refractivity contribution in [2.45, 2.75) is 13.8 Å². The van der Waals surface area contributed by atoms with Gasteiger partial charge in [-0.25, -0.2) is 0 Å². The summed E-state index contributed by atoms with van der Waals surface area (Å²) in [4.78, 5) is 27.7. The third-order valence-corrected chi connectivity index (χ3v) is 3.72. The summed E-state index contributed by atoms with van der Waals surface area (Å²) >= 11 is 0. The van der Waals surface area contributed by atoms with E-state index in [1.165, 1.54) is 6.92 Å². The highest BCUT2D eigenvalue weighted by atomic mass is 16.5. The number of carbonyl (C=O) groups excluding carboxylic acids is 2. The Kier molecular flexibility index (Phi) is 4.96. The molecule has 0 radical (unpaired) electrons. The van der Waals surface area contributed by atoms with Crippen molar-refractivity contribution in [2.75, 3.05) is 39.8 Å². The zero-order valence-corrected chi connectivity index (χ0v) is 12.9. The fraction of sp³-hybridized carbons (Fsp3) is 0.500. The smallest absolute Gasteiger partial charge is 0.260 e. The Morgan fingerprint density at radius 1 is 1.19 bits per heavy atom. The number of ether oxygens (including phenoxy) is 1. The lowest BCUT2D eigenvalue weighted by atomic mass is 10.1. The molecule has 0 spiro atoms. The SMILES string of the molecule is CC(=O)c1ccc(C)cc1OCC(=O)N1CCN(C)CC1. The monoisotopic (exact) mass is 290 g/mol. The molecule has 1 fully saturated rings. The third kappa shape index (κ3) is 4.04. The summed E-state index contributed by atoms with van der Waals surface area (Å²) in [6.07, 6.45) is 0. The minimum Gasteiger partial charge on any atom is -0.483 e. The molecule has 0 aliphatic carbocycles. The molecule has 2 rings (SSSR count). The van der Waals surface area contributed by atoms with Crippen LogP contribution in [0, 0.1) is 6.92 Å². The van der Waals surface area contributed by atoms with Gasteiger partial charge in [0, 0.05) is 26.2 Å². The highest BCUT2D eigenvalue weighted by molar-refractivity contribution is 5.97. The lowest BCUT2D eigenvalue weighted by Crippen LogP contribution is -2.48. The van der Waals surface area contributed by atoms with Crippen LogP contribution in [0.4, 0.5) is 0 Å². The van der Waals surface area contributed by atoms with E-state index in [1.807, 2.05) is 24.9 Å². The molecule has 1 saturated heterocycles. The van der Waals surface area contributed by atoms with Crippen molar-refractivity contribution < 1.29 is 14.3 Å². The molecule has 0 saturated carbocycles. The molecule has 5 nitrogen and oxygen atoms in total. The number of rotatable bonds is 4. The minimum absolute atomic E-state index is 0.0204. The molecule has 0 unspecified atom stereocenters. The number of likely N-dealkylation sites (N-methyl/N-ethyl adjacent to an activating group) is 1. The minimum atomic E-state index is -0.0583. The Balaban J connectivity index is 1.98. The van der Waals surface area contributed by atoms with Gasteiger partial charge < -0.3 is 14.5 Å². The first-order valence-electron chi connectivity index (χ1n) is 7.18. The van der Waals surface area contributed by atoms with Crippen molar-refractivity contribution in [1.82, 2.24) is 9.80 Å². The Morgan fingerprint density at radius 2 is 1.86 bits per heavy atom. The van der Waals surface area contributed by atoms with Crippen LogP contribution in [-0.4, -0.2) is 61.3 Å². The first kappa shape index (κ1) is 15.5. The first-order chi connectivity index (χ1) is 9.97. The van der Waals surface area contributed by atoms with Gasteiger partial charge in [0.05, 0.1) is 5.56 Å². The maximum atomic E-state index is 12.1. The van der Waals surface area contributed by atoms with Crippen LogP contribution in [0.2, 0.25) is 0 Å². The maximum absolute atomic E-state index is 12.1. The number of carbonyl (C=O) groups is 2. The zero-order chi connectivity index (χ0) is 15.4. The number of ketones is 1. The molecule has 0 atom stereocenters. The quantitative estimate of drug-likeness (QED) is 0.786. The average molecular weight is 290 g/mol. The molecular weight excluding hydrogens is 268 g/mol. The van der Waals surface area contributed by atoms with Crippen LogP contribution >= 0.6 is 0 Å². The maximum Gasteiger partial charge on any atom is 0.260 e. The van der Waals surface area contributed by atoms with Crippen molar-refractivity contribution in [3.63, 3.8) is 0 Å². The number of hydrogen-bond acceptors (Lipinski definition) is 4. The number of aryl methyl sites for hydroxylation is 1. The largest absolute Gasteiger partial charge is 0.483 e. The van der Waals surface area contributed by atoms with Crippen LogP contribution in [-0.2, 0) is 4.79 Å². The molecule has 1 aromatic rings. The molecule has 0 aromatic heterocycles. The van der Waals surface area contributed by atoms with E-state index in [2.05, 4.69) is 4.90 Å². The normalized spacial score (nSPS) is 15.9. The lowest BCUT2D eigenvalue weighted by Gasteiger charge is -2.32. The predicted molar refractivity (Wildman–Crippen MR) is 80.8 cm³/mol. The fourth-order valence-electron chi connectivity index (χ4n) is 2.33. The number of amides is 1. The highest BCUT2D eigenvalue weighted by Crippen LogP contribution is 2.21. The number of nitrogens with zero attached hydrogens (tertiary/aromatic N) is 2. The van der Waals surface area contributed by atoms with Gasteiger partial charge in [0.1, 0.15) is 5.75 Å². The summed E-state index contributed by atoms with van der Waals surface area (Å²) in [6.45, 7) is 6.63. The van der Waals surface area contributed by atoms with Crippen molar-refractivity contribution in [3.8, 4) is 5.75 Å². The van der Waals surface area contributed by atoms with Crippen LogP contribution in [0.5, 0.6) is 5.75 Å². The summed E-state index contributed by atoms with van der Waals surface area (Å²) in [6, 6.07) is 5.41. The van der Waals surface area contributed by atoms with Crippen LogP contribution in [0.3, 0.4) is 0 Å². The molecule has 1 aromatic carbocycles. The first-order valence-corrected chi connectivity index (χ1v) is 7.18. The Hall–Kier alpha value is -1.88. The van der Waals surface area contributed by atoms with Crippen molar-refractivity contribution in [1.29, 1.82) is 0 Å². The Bertz CT molecular complexity index is 534. The number of benzene rings is 1. The van der Waals surface area contributed by atoms with Gasteiger partial charge in [-0.1, -0.05) is 6.07 Å². The van der Waals surface area contributed by atoms with E-state index in [9.17, 15) is 9.59 Å². The molecule has 1 aliphatic heterocycles. The van der Waals surface area contributed by atoms with Crippen LogP contribution < -0.4 is 4.74 Å². The van der Waals surface area contributed by atoms with E-state index in [0.29, 0.717) is 11.3 Å². The average Bonchev–Trinajstić information content (AvgIpc) is 2.45. The van der Waals surface area contributed by atoms with E-state index in [1.54, 1.807) is 12.1 Å². The summed E-state index contributed by atoms with van der Waals surface area (Å²) in [5, 5.41) is 0. The summed E-state index contributed by atoms with van der Waals surface area (Å²) in [7, 11) is 2.05. The second kappa shape index (κ2) is 6.72. The van der Waals surface area contributed by atoms with E-state index < -0.39 is 0 Å². The van der Waals surface area contributed by atoms with E-state index >= 15 is 0 Å². The fourth-order valence-corrected chi connectivity index (χ4v) is 2.33. The Labute approximate surface area is 125 Å². The summed E-state index contributed by atoms with van der Waals surface area (Å²) in [5.74, 6) is 0.404. The van der Waals surface area contributed by atoms with Gasteiger partial charge in [0.2, 0.25) is 0 Å². The van der Waals surface area contributed by atoms with Gasteiger partial charge in [0.25, 0.3) is 5.91 Å². The number of Topliss-reactive ketones (excluding diaryl/α,β-unsaturated/α-hetero) is 1. The van der Waals surface area contributed by atoms with Gasteiger partial charge >= 0.3 is 0 Å². The number of hydrogen-bond donors (Lipinski definition) is 0. The zero-order valence-electron chi connectivity index (χ0n) is 12.9. The molecule has 21 heavy (non-hydrogen) atoms. The molecule has 0 N–H and O–H groups in total. The highest BCUT2D eigenvalue weighted by Gasteiger charge is 2.20. The standard InChI is InChI=1S/C16H22N2O3/c1-12-4-5-14(13(2)19)15(10-12)21-11-16(20)18-8-6-17(3)7-9-18/h4-5,10H,6-9,11H2,1-3H3. The van der Waals surface area contributed by atoms with Crippen LogP contribution in [0.25, 0.3) is 0 Å². The molecule has 114 valence electrons. The van der Waals surface area contributed by atoms with Gasteiger partial charge in [-0.2, -0.15) is 0 Å². The van der Waals surface area contributed by atoms with Gasteiger partial charge in [0.15, 0.2) is 12.4 Å². The molecule has 0 bridgehead atoms. The van der Waals surface area contributed by atoms with Crippen molar-refractivity contribution in [3.05, 3.63) is 29.3 Å². The van der Waals surface area contributed by atoms with E-state index in [-0.39, 0.29) is 18.3 Å². The molecule has 1 aliphatic rings. The summed E-state index contributed by atoms with van der Waals surface area (Å²) < 4.78 is 5.60. The topological polar surface area (TPSA) is 49.9 Å². The van der Waals surface area contributed by atoms with E-state index in [4.69, 9.17) is 4.74 Å². The van der Waals surface area contributed by atoms with E-state index in [0.717, 1.165) is 31.7 Å². The molecule has 1 heterocycles. The lowest BCUT2D eigenvalue weighted by molar-refractivity contribution is -0.134. The van der Waals surface area contributed by atoms with Crippen molar-refractivity contribution in [2.24, 2.45) is 0 Å². The van der Waals surface area contributed by atoms with Crippen molar-refractivity contribution >= 4 is 11.7 Å². The van der Waals surface area contributed by atoms with Crippen LogP contribution in [0.15, 0.2) is 18.2 Å². The van der Waals surface area contributed by atoms with Gasteiger partial charge in [-0.05, 0) is 38.6 Å². The van der Waals surface area contributed by atoms with Gasteiger partial charge in [-0.3, -0.25) is 9.59 Å². The third-order valence-electron chi connectivity index (χ3n) is 3.72. The van der Waals surface area contributed by atoms with Crippen LogP contribution in [0.1, 0.15) is 22.8 Å². The molecular formula is C16H22N2O3. The van der Waals surface area contributed by atoms with Gasteiger partial charge in [-0.15, -0.1) is 0 Å². The second-order valence-electron chi connectivity index (χ2n) is 5.53. The number of piperazine rings is 1. The molecule has 1 amide bonds. The Morgan fingerprint density at radius 3 is 2.48 bits per heavy atom. The summed E-state index contributed by atoms with van der Waals surface area (Å²) in [5.41, 5.74) is 1.52. The molecule has 5 heteroatoms. The predicted octanol–water partition coefficient (Wildman–Crippen LogP) is 1.35. The second-order valence-corrected chi connectivity index (χ2v) is 5.53.